The average molecular weight is 186 g/mol. The Balaban J connectivity index is 1.98. The summed E-state index contributed by atoms with van der Waals surface area (Å²) >= 11 is 0. The second kappa shape index (κ2) is 5.76. The summed E-state index contributed by atoms with van der Waals surface area (Å²) < 4.78 is 5.61. The van der Waals surface area contributed by atoms with E-state index in [1.54, 1.807) is 0 Å². The molecule has 72 valence electrons. The van der Waals surface area contributed by atoms with E-state index >= 15 is 0 Å². The molecule has 1 saturated carbocycles. The Hall–Kier alpha value is 0.177. The Morgan fingerprint density at radius 3 is 2.50 bits per heavy atom. The number of rotatable bonds is 4. The summed E-state index contributed by atoms with van der Waals surface area (Å²) in [7, 11) is 0.101. The van der Waals surface area contributed by atoms with Crippen molar-refractivity contribution in [2.75, 3.05) is 6.23 Å². The van der Waals surface area contributed by atoms with Crippen LogP contribution in [-0.4, -0.2) is 21.9 Å². The molecule has 0 aromatic carbocycles. The Morgan fingerprint density at radius 1 is 1.25 bits per heavy atom. The Bertz CT molecular complexity index is 108. The smallest absolute Gasteiger partial charge is 0.0547 e. The Kier molecular flexibility index (Phi) is 4.92. The first kappa shape index (κ1) is 10.3. The van der Waals surface area contributed by atoms with Gasteiger partial charge in [0.05, 0.1) is 15.6 Å². The van der Waals surface area contributed by atoms with Gasteiger partial charge in [0.1, 0.15) is 0 Å². The predicted molar refractivity (Wildman–Crippen MR) is 56.5 cm³/mol. The van der Waals surface area contributed by atoms with E-state index in [-0.39, 0.29) is 9.52 Å². The zero-order chi connectivity index (χ0) is 8.81. The highest BCUT2D eigenvalue weighted by Gasteiger charge is 2.13. The van der Waals surface area contributed by atoms with Crippen molar-refractivity contribution in [1.82, 2.24) is 0 Å². The molecule has 0 radical (unpaired) electrons. The summed E-state index contributed by atoms with van der Waals surface area (Å²) in [6.45, 7) is 4.27. The third-order valence-corrected chi connectivity index (χ3v) is 4.81. The van der Waals surface area contributed by atoms with Gasteiger partial charge >= 0.3 is 0 Å². The lowest BCUT2D eigenvalue weighted by Gasteiger charge is -2.21. The van der Waals surface area contributed by atoms with Gasteiger partial charge in [-0.3, -0.25) is 0 Å². The fourth-order valence-corrected chi connectivity index (χ4v) is 4.04. The molecule has 0 aromatic rings. The van der Waals surface area contributed by atoms with Crippen LogP contribution in [0.3, 0.4) is 0 Å². The molecule has 0 heterocycles. The molecular weight excluding hydrogens is 164 g/mol. The summed E-state index contributed by atoms with van der Waals surface area (Å²) in [6.07, 6.45) is 9.03. The zero-order valence-corrected chi connectivity index (χ0v) is 9.93. The quantitative estimate of drug-likeness (QED) is 0.612. The standard InChI is InChI=1S/C10H22OSi/c1-9(2)11-8-12-10-6-4-3-5-7-10/h9-10H,3-8,12H2,1-2H3. The summed E-state index contributed by atoms with van der Waals surface area (Å²) in [5.74, 6) is 0. The molecule has 1 fully saturated rings. The van der Waals surface area contributed by atoms with Crippen molar-refractivity contribution in [3.8, 4) is 0 Å². The monoisotopic (exact) mass is 186 g/mol. The van der Waals surface area contributed by atoms with E-state index in [2.05, 4.69) is 13.8 Å². The van der Waals surface area contributed by atoms with Crippen LogP contribution >= 0.6 is 0 Å². The SMILES string of the molecule is CC(C)OC[SiH2]C1CCCCC1. The summed E-state index contributed by atoms with van der Waals surface area (Å²) in [5.41, 5.74) is 1.11. The van der Waals surface area contributed by atoms with Crippen molar-refractivity contribution in [2.24, 2.45) is 0 Å². The van der Waals surface area contributed by atoms with Crippen molar-refractivity contribution in [3.63, 3.8) is 0 Å². The lowest BCUT2D eigenvalue weighted by Crippen LogP contribution is -2.16. The lowest BCUT2D eigenvalue weighted by atomic mass is 10.0. The molecule has 0 bridgehead atoms. The van der Waals surface area contributed by atoms with Crippen molar-refractivity contribution in [3.05, 3.63) is 0 Å². The molecular formula is C10H22OSi. The van der Waals surface area contributed by atoms with Gasteiger partial charge in [0.2, 0.25) is 0 Å². The molecule has 12 heavy (non-hydrogen) atoms. The van der Waals surface area contributed by atoms with Crippen LogP contribution in [0, 0.1) is 0 Å². The van der Waals surface area contributed by atoms with E-state index in [9.17, 15) is 0 Å². The third kappa shape index (κ3) is 4.26. The first-order chi connectivity index (χ1) is 5.79. The first-order valence-electron chi connectivity index (χ1n) is 5.40. The van der Waals surface area contributed by atoms with E-state index in [1.807, 2.05) is 0 Å². The van der Waals surface area contributed by atoms with Crippen molar-refractivity contribution in [1.29, 1.82) is 0 Å². The minimum atomic E-state index is 0.101. The van der Waals surface area contributed by atoms with Crippen LogP contribution in [0.2, 0.25) is 5.54 Å². The highest BCUT2D eigenvalue weighted by molar-refractivity contribution is 6.37. The van der Waals surface area contributed by atoms with E-state index in [0.717, 1.165) is 11.8 Å². The van der Waals surface area contributed by atoms with Gasteiger partial charge in [-0.1, -0.05) is 32.1 Å². The molecule has 0 unspecified atom stereocenters. The molecule has 0 aliphatic heterocycles. The fourth-order valence-electron chi connectivity index (χ4n) is 1.95. The van der Waals surface area contributed by atoms with Gasteiger partial charge in [-0.05, 0) is 19.4 Å². The van der Waals surface area contributed by atoms with Gasteiger partial charge in [-0.2, -0.15) is 0 Å². The number of hydrogen-bond donors (Lipinski definition) is 0. The third-order valence-electron chi connectivity index (χ3n) is 2.70. The maximum Gasteiger partial charge on any atom is 0.0547 e. The van der Waals surface area contributed by atoms with E-state index in [0.29, 0.717) is 6.10 Å². The van der Waals surface area contributed by atoms with Crippen molar-refractivity contribution >= 4 is 9.52 Å². The summed E-state index contributed by atoms with van der Waals surface area (Å²) in [5, 5.41) is 0. The van der Waals surface area contributed by atoms with Gasteiger partial charge in [0.15, 0.2) is 0 Å². The molecule has 1 aliphatic rings. The summed E-state index contributed by atoms with van der Waals surface area (Å²) in [4.78, 5) is 0. The second-order valence-corrected chi connectivity index (χ2v) is 6.35. The van der Waals surface area contributed by atoms with Crippen LogP contribution in [0.15, 0.2) is 0 Å². The maximum absolute atomic E-state index is 5.61. The van der Waals surface area contributed by atoms with E-state index in [1.165, 1.54) is 32.1 Å². The molecule has 1 nitrogen and oxygen atoms in total. The largest absolute Gasteiger partial charge is 0.383 e. The van der Waals surface area contributed by atoms with E-state index in [4.69, 9.17) is 4.74 Å². The highest BCUT2D eigenvalue weighted by Crippen LogP contribution is 2.27. The number of ether oxygens (including phenoxy) is 1. The highest BCUT2D eigenvalue weighted by atomic mass is 28.2. The fraction of sp³-hybridized carbons (Fsp3) is 1.00. The van der Waals surface area contributed by atoms with Gasteiger partial charge < -0.3 is 4.74 Å². The minimum absolute atomic E-state index is 0.101. The van der Waals surface area contributed by atoms with Crippen molar-refractivity contribution < 1.29 is 4.74 Å². The molecule has 0 N–H and O–H groups in total. The molecule has 0 saturated heterocycles. The van der Waals surface area contributed by atoms with Gasteiger partial charge in [-0.15, -0.1) is 0 Å². The van der Waals surface area contributed by atoms with E-state index < -0.39 is 0 Å². The van der Waals surface area contributed by atoms with Crippen LogP contribution in [0.1, 0.15) is 46.0 Å². The molecule has 0 atom stereocenters. The normalized spacial score (nSPS) is 21.2. The average Bonchev–Trinajstić information content (AvgIpc) is 2.05. The van der Waals surface area contributed by atoms with Gasteiger partial charge in [0.25, 0.3) is 0 Å². The summed E-state index contributed by atoms with van der Waals surface area (Å²) in [6, 6.07) is 0. The molecule has 0 spiro atoms. The molecule has 2 heteroatoms. The Labute approximate surface area is 78.7 Å². The lowest BCUT2D eigenvalue weighted by molar-refractivity contribution is 0.114. The minimum Gasteiger partial charge on any atom is -0.383 e. The molecule has 0 amide bonds. The van der Waals surface area contributed by atoms with Crippen LogP contribution in [0.5, 0.6) is 0 Å². The zero-order valence-electron chi connectivity index (χ0n) is 8.51. The van der Waals surface area contributed by atoms with Crippen LogP contribution < -0.4 is 0 Å². The van der Waals surface area contributed by atoms with Gasteiger partial charge in [0, 0.05) is 6.23 Å². The molecule has 1 aliphatic carbocycles. The predicted octanol–water partition coefficient (Wildman–Crippen LogP) is 2.29. The van der Waals surface area contributed by atoms with Crippen molar-refractivity contribution in [2.45, 2.75) is 57.6 Å². The van der Waals surface area contributed by atoms with Gasteiger partial charge in [-0.25, -0.2) is 0 Å². The first-order valence-corrected chi connectivity index (χ1v) is 7.22. The number of hydrogen-bond acceptors (Lipinski definition) is 1. The molecule has 1 rings (SSSR count). The van der Waals surface area contributed by atoms with Crippen LogP contribution in [0.25, 0.3) is 0 Å². The maximum atomic E-state index is 5.61. The van der Waals surface area contributed by atoms with Crippen LogP contribution in [0.4, 0.5) is 0 Å². The topological polar surface area (TPSA) is 9.23 Å². The Morgan fingerprint density at radius 2 is 1.92 bits per heavy atom. The second-order valence-electron chi connectivity index (χ2n) is 4.21. The van der Waals surface area contributed by atoms with Crippen LogP contribution in [-0.2, 0) is 4.74 Å². The molecule has 0 aromatic heterocycles.